The second-order valence-corrected chi connectivity index (χ2v) is 26.1. The Morgan fingerprint density at radius 1 is 0.723 bits per heavy atom. The number of nitrogens with zero attached hydrogens (tertiary/aromatic N) is 4. The van der Waals surface area contributed by atoms with E-state index < -0.39 is 114 Å². The Morgan fingerprint density at radius 2 is 1.30 bits per heavy atom. The monoisotopic (exact) mass is 1330 g/mol. The third kappa shape index (κ3) is 26.3. The SMILES string of the molecule is CC[C@H](C)[C@@H]([C@@H](CC(=O)N1CCCC1[C@H](OC)[C@@H](C)C(=O)N[C@@H](Cc1ccccc1)C(=O)O)OC)N(C)C(=O)C(NC(=O)C(C(C)C)N(C)CCc1ccc(N(C)C(=O)C(CCCNC(N)=O)NC(=O)C(NC(=O)OC(C)(C)C)C(C)C)cc1)C(C)C.O=C(O)C(F)(F)F. The zero-order valence-corrected chi connectivity index (χ0v) is 57.8. The van der Waals surface area contributed by atoms with Gasteiger partial charge < -0.3 is 71.4 Å². The summed E-state index contributed by atoms with van der Waals surface area (Å²) in [5.41, 5.74) is 6.69. The molecule has 11 atom stereocenters. The zero-order valence-electron chi connectivity index (χ0n) is 57.8. The number of halogens is 3. The van der Waals surface area contributed by atoms with Gasteiger partial charge in [-0.25, -0.2) is 19.2 Å². The first-order valence-electron chi connectivity index (χ1n) is 31.9. The van der Waals surface area contributed by atoms with Crippen LogP contribution in [0.4, 0.5) is 28.4 Å². The molecule has 0 bridgehead atoms. The summed E-state index contributed by atoms with van der Waals surface area (Å²) in [6.07, 6.45) is -4.48. The summed E-state index contributed by atoms with van der Waals surface area (Å²) in [5, 5.41) is 30.9. The molecule has 25 nitrogen and oxygen atoms in total. The number of alkyl halides is 3. The van der Waals surface area contributed by atoms with Crippen molar-refractivity contribution in [3.63, 3.8) is 0 Å². The first-order valence-corrected chi connectivity index (χ1v) is 31.9. The molecule has 0 saturated carbocycles. The summed E-state index contributed by atoms with van der Waals surface area (Å²) in [6.45, 7) is 23.0. The average molecular weight is 1340 g/mol. The normalized spacial score (nSPS) is 16.6. The number of carboxylic acid groups (broad SMARTS) is 2. The number of benzene rings is 2. The summed E-state index contributed by atoms with van der Waals surface area (Å²) in [7, 11) is 8.13. The maximum atomic E-state index is 14.8. The van der Waals surface area contributed by atoms with Crippen molar-refractivity contribution in [2.24, 2.45) is 35.3 Å². The molecule has 5 unspecified atom stereocenters. The fourth-order valence-electron chi connectivity index (χ4n) is 11.3. The smallest absolute Gasteiger partial charge is 0.480 e. The molecule has 0 spiro atoms. The van der Waals surface area contributed by atoms with Crippen molar-refractivity contribution < 1.29 is 85.5 Å². The van der Waals surface area contributed by atoms with E-state index in [0.29, 0.717) is 50.9 Å². The van der Waals surface area contributed by atoms with Gasteiger partial charge in [-0.2, -0.15) is 13.2 Å². The van der Waals surface area contributed by atoms with E-state index in [1.54, 1.807) is 102 Å². The van der Waals surface area contributed by atoms with E-state index in [9.17, 15) is 61.4 Å². The number of likely N-dealkylation sites (tertiary alicyclic amines) is 1. The third-order valence-corrected chi connectivity index (χ3v) is 16.6. The molecule has 2 aromatic carbocycles. The van der Waals surface area contributed by atoms with Gasteiger partial charge in [0, 0.05) is 60.1 Å². The molecule has 0 radical (unpaired) electrons. The number of alkyl carbamates (subject to hydrolysis) is 1. The fourth-order valence-corrected chi connectivity index (χ4v) is 11.3. The van der Waals surface area contributed by atoms with Crippen LogP contribution in [0.15, 0.2) is 54.6 Å². The highest BCUT2D eigenvalue weighted by molar-refractivity contribution is 6.00. The van der Waals surface area contributed by atoms with Gasteiger partial charge in [-0.3, -0.25) is 33.7 Å². The van der Waals surface area contributed by atoms with Gasteiger partial charge in [0.05, 0.1) is 42.7 Å². The summed E-state index contributed by atoms with van der Waals surface area (Å²) in [6, 6.07) is 9.82. The predicted octanol–water partition coefficient (Wildman–Crippen LogP) is 6.14. The summed E-state index contributed by atoms with van der Waals surface area (Å²) in [4.78, 5) is 137. The van der Waals surface area contributed by atoms with Crippen LogP contribution in [0.2, 0.25) is 0 Å². The number of carboxylic acids is 2. The minimum Gasteiger partial charge on any atom is -0.480 e. The molecule has 530 valence electrons. The number of likely N-dealkylation sites (N-methyl/N-ethyl adjacent to an activating group) is 3. The second kappa shape index (κ2) is 38.7. The van der Waals surface area contributed by atoms with E-state index in [1.165, 1.54) is 19.1 Å². The standard InChI is InChI=1S/C64H104N10O13.C2HF3O2/c1-18-41(8)54(49(85-16)37-50(75)74-34-23-27-48(74)55(86-17)42(9)56(76)68-47(61(81)82)36-44-24-20-19-21-25-44)73(15)60(80)52(39(4)5)69-58(78)53(40(6)7)71(13)35-32-43-28-30-45(31-29-43)72(14)59(79)46(26-22-33-66-62(65)83)67-57(77)51(38(2)3)70-63(84)87-64(10,11)12;3-2(4,5)1(6)7/h19-21,24-25,28-31,38-42,46-49,51-55H,18,22-23,26-27,32-37H2,1-17H3,(H,67,77)(H,68,76)(H,69,78)(H,70,84)(H,81,82)(H3,65,66,83);(H,6,7)/t41-,42+,46?,47-,48?,49+,51?,52?,53?,54-,55+;/m0./s1. The quantitative estimate of drug-likeness (QED) is 0.0365. The van der Waals surface area contributed by atoms with Gasteiger partial charge in [-0.15, -0.1) is 0 Å². The lowest BCUT2D eigenvalue weighted by atomic mass is 9.89. The molecule has 9 N–H and O–H groups in total. The van der Waals surface area contributed by atoms with Gasteiger partial charge in [0.15, 0.2) is 0 Å². The van der Waals surface area contributed by atoms with Gasteiger partial charge in [0.25, 0.3) is 0 Å². The van der Waals surface area contributed by atoms with Crippen LogP contribution in [0.5, 0.6) is 0 Å². The Morgan fingerprint density at radius 3 is 1.79 bits per heavy atom. The van der Waals surface area contributed by atoms with Crippen LogP contribution < -0.4 is 37.2 Å². The molecule has 3 rings (SSSR count). The number of amides is 9. The predicted molar refractivity (Wildman–Crippen MR) is 348 cm³/mol. The van der Waals surface area contributed by atoms with Crippen molar-refractivity contribution in [3.8, 4) is 0 Å². The molecule has 1 aliphatic rings. The maximum Gasteiger partial charge on any atom is 0.490 e. The number of carbonyl (C=O) groups is 10. The number of anilines is 1. The Hall–Kier alpha value is -7.59. The van der Waals surface area contributed by atoms with Crippen LogP contribution in [-0.2, 0) is 65.4 Å². The molecule has 1 fully saturated rings. The van der Waals surface area contributed by atoms with E-state index in [2.05, 4.69) is 26.6 Å². The zero-order chi connectivity index (χ0) is 71.7. The van der Waals surface area contributed by atoms with Crippen LogP contribution in [0, 0.1) is 29.6 Å². The van der Waals surface area contributed by atoms with Crippen LogP contribution >= 0.6 is 0 Å². The van der Waals surface area contributed by atoms with Crippen molar-refractivity contribution in [3.05, 3.63) is 65.7 Å². The highest BCUT2D eigenvalue weighted by atomic mass is 19.4. The highest BCUT2D eigenvalue weighted by Gasteiger charge is 2.44. The molecule has 1 aliphatic heterocycles. The number of primary amides is 1. The number of hydrogen-bond acceptors (Lipinski definition) is 14. The van der Waals surface area contributed by atoms with E-state index >= 15 is 0 Å². The number of rotatable bonds is 34. The molecular formula is C66H105F3N10O15. The van der Waals surface area contributed by atoms with Crippen molar-refractivity contribution in [1.29, 1.82) is 0 Å². The van der Waals surface area contributed by atoms with E-state index in [0.717, 1.165) is 11.1 Å². The summed E-state index contributed by atoms with van der Waals surface area (Å²) >= 11 is 0. The minimum absolute atomic E-state index is 0.0821. The lowest BCUT2D eigenvalue weighted by Gasteiger charge is -2.41. The molecule has 0 aliphatic carbocycles. The number of urea groups is 1. The lowest BCUT2D eigenvalue weighted by Crippen LogP contribution is -2.60. The van der Waals surface area contributed by atoms with Crippen LogP contribution in [0.25, 0.3) is 0 Å². The maximum absolute atomic E-state index is 14.8. The molecule has 94 heavy (non-hydrogen) atoms. The number of hydrogen-bond donors (Lipinski definition) is 8. The van der Waals surface area contributed by atoms with Crippen LogP contribution in [-0.4, -0.2) is 206 Å². The van der Waals surface area contributed by atoms with Crippen molar-refractivity contribution in [2.45, 2.75) is 201 Å². The number of aliphatic carboxylic acids is 2. The first kappa shape index (κ1) is 82.5. The van der Waals surface area contributed by atoms with Crippen molar-refractivity contribution in [1.82, 2.24) is 41.3 Å². The molecule has 28 heteroatoms. The molecule has 1 heterocycles. The molecule has 2 aromatic rings. The number of nitrogens with one attached hydrogen (secondary N) is 5. The van der Waals surface area contributed by atoms with Crippen molar-refractivity contribution in [2.75, 3.05) is 59.9 Å². The van der Waals surface area contributed by atoms with Gasteiger partial charge >= 0.3 is 30.2 Å². The number of methoxy groups -OCH3 is 2. The highest BCUT2D eigenvalue weighted by Crippen LogP contribution is 2.30. The Balaban J connectivity index is 0.00000405. The van der Waals surface area contributed by atoms with Crippen LogP contribution in [0.3, 0.4) is 0 Å². The van der Waals surface area contributed by atoms with E-state index in [4.69, 9.17) is 29.8 Å². The number of nitrogens with two attached hydrogens (primary N) is 1. The topological polar surface area (TPSA) is 338 Å². The van der Waals surface area contributed by atoms with Crippen molar-refractivity contribution >= 4 is 65.2 Å². The molecular weight excluding hydrogens is 1230 g/mol. The van der Waals surface area contributed by atoms with Gasteiger partial charge in [0.1, 0.15) is 29.8 Å². The average Bonchev–Trinajstić information content (AvgIpc) is 1.36. The molecule has 9 amide bonds. The Bertz CT molecular complexity index is 2790. The van der Waals surface area contributed by atoms with Gasteiger partial charge in [-0.05, 0) is 107 Å². The second-order valence-electron chi connectivity index (χ2n) is 26.1. The number of ether oxygens (including phenoxy) is 3. The summed E-state index contributed by atoms with van der Waals surface area (Å²) < 4.78 is 49.2. The first-order chi connectivity index (χ1) is 43.7. The number of carbonyl (C=O) groups excluding carboxylic acids is 8. The molecule has 0 aromatic heterocycles. The summed E-state index contributed by atoms with van der Waals surface area (Å²) in [5.74, 6) is -8.11. The fraction of sp³-hybridized carbons (Fsp3) is 0.667. The largest absolute Gasteiger partial charge is 0.490 e. The molecule has 1 saturated heterocycles. The lowest BCUT2D eigenvalue weighted by molar-refractivity contribution is -0.192. The van der Waals surface area contributed by atoms with E-state index in [1.807, 2.05) is 71.7 Å². The van der Waals surface area contributed by atoms with Gasteiger partial charge in [-0.1, -0.05) is 111 Å². The Labute approximate surface area is 551 Å². The Kier molecular flexibility index (Phi) is 34.0. The van der Waals surface area contributed by atoms with Gasteiger partial charge in [0.2, 0.25) is 35.4 Å². The third-order valence-electron chi connectivity index (χ3n) is 16.6. The minimum atomic E-state index is -5.08. The van der Waals surface area contributed by atoms with Crippen LogP contribution in [0.1, 0.15) is 133 Å². The van der Waals surface area contributed by atoms with E-state index in [-0.39, 0.29) is 67.2 Å².